The van der Waals surface area contributed by atoms with Gasteiger partial charge in [-0.3, -0.25) is 0 Å². The molecule has 1 aliphatic rings. The van der Waals surface area contributed by atoms with Crippen LogP contribution in [0.15, 0.2) is 22.7 Å². The van der Waals surface area contributed by atoms with E-state index in [4.69, 9.17) is 4.74 Å². The number of nitrogens with zero attached hydrogens (tertiary/aromatic N) is 1. The molecule has 0 saturated carbocycles. The summed E-state index contributed by atoms with van der Waals surface area (Å²) in [4.78, 5) is 2.34. The average Bonchev–Trinajstić information content (AvgIpc) is 2.48. The maximum absolute atomic E-state index is 5.58. The minimum absolute atomic E-state index is 0.654. The van der Waals surface area contributed by atoms with Gasteiger partial charge in [-0.25, -0.2) is 0 Å². The summed E-state index contributed by atoms with van der Waals surface area (Å²) >= 11 is 3.72. The lowest BCUT2D eigenvalue weighted by Crippen LogP contribution is -2.31. The third-order valence-corrected chi connectivity index (χ3v) is 4.60. The molecule has 118 valence electrons. The van der Waals surface area contributed by atoms with Gasteiger partial charge in [-0.05, 0) is 65.4 Å². The Morgan fingerprint density at radius 3 is 2.95 bits per heavy atom. The molecule has 2 rings (SSSR count). The van der Waals surface area contributed by atoms with E-state index in [0.29, 0.717) is 5.92 Å². The van der Waals surface area contributed by atoms with Crippen molar-refractivity contribution in [3.63, 3.8) is 0 Å². The van der Waals surface area contributed by atoms with E-state index in [-0.39, 0.29) is 0 Å². The van der Waals surface area contributed by atoms with Gasteiger partial charge in [0.2, 0.25) is 0 Å². The lowest BCUT2D eigenvalue weighted by molar-refractivity contribution is 0.0576. The fraction of sp³-hybridized carbons (Fsp3) is 0.647. The first-order valence-corrected chi connectivity index (χ1v) is 8.78. The Bertz CT molecular complexity index is 433. The first kappa shape index (κ1) is 16.8. The van der Waals surface area contributed by atoms with Crippen LogP contribution in [0.1, 0.15) is 31.7 Å². The summed E-state index contributed by atoms with van der Waals surface area (Å²) in [6.07, 6.45) is 3.65. The summed E-state index contributed by atoms with van der Waals surface area (Å²) in [6.45, 7) is 7.10. The third-order valence-electron chi connectivity index (χ3n) is 3.97. The summed E-state index contributed by atoms with van der Waals surface area (Å²) in [7, 11) is 2.17. The fourth-order valence-electron chi connectivity index (χ4n) is 2.82. The molecule has 0 aliphatic carbocycles. The Morgan fingerprint density at radius 2 is 2.29 bits per heavy atom. The van der Waals surface area contributed by atoms with Crippen molar-refractivity contribution in [3.8, 4) is 0 Å². The first-order chi connectivity index (χ1) is 10.2. The number of halogens is 1. The van der Waals surface area contributed by atoms with Crippen molar-refractivity contribution in [3.05, 3.63) is 28.2 Å². The van der Waals surface area contributed by atoms with Crippen molar-refractivity contribution >= 4 is 21.6 Å². The topological polar surface area (TPSA) is 24.5 Å². The van der Waals surface area contributed by atoms with Crippen LogP contribution in [-0.4, -0.2) is 33.4 Å². The van der Waals surface area contributed by atoms with E-state index < -0.39 is 0 Å². The molecule has 1 aromatic carbocycles. The highest BCUT2D eigenvalue weighted by Crippen LogP contribution is 2.28. The fourth-order valence-corrected chi connectivity index (χ4v) is 3.55. The molecule has 1 atom stereocenters. The number of ether oxygens (including phenoxy) is 1. The number of benzene rings is 1. The largest absolute Gasteiger partial charge is 0.381 e. The number of anilines is 1. The van der Waals surface area contributed by atoms with Crippen LogP contribution in [0, 0.1) is 5.92 Å². The molecular weight excluding hydrogens is 328 g/mol. The van der Waals surface area contributed by atoms with Crippen molar-refractivity contribution in [2.24, 2.45) is 5.92 Å². The molecule has 0 amide bonds. The van der Waals surface area contributed by atoms with Crippen molar-refractivity contribution in [2.75, 3.05) is 38.3 Å². The number of rotatable bonds is 7. The second-order valence-corrected chi connectivity index (χ2v) is 6.78. The van der Waals surface area contributed by atoms with Crippen molar-refractivity contribution in [1.29, 1.82) is 0 Å². The Labute approximate surface area is 137 Å². The molecular formula is C17H27BrN2O. The molecule has 21 heavy (non-hydrogen) atoms. The van der Waals surface area contributed by atoms with Crippen molar-refractivity contribution in [2.45, 2.75) is 32.7 Å². The molecule has 1 saturated heterocycles. The third kappa shape index (κ3) is 5.28. The minimum Gasteiger partial charge on any atom is -0.381 e. The smallest absolute Gasteiger partial charge is 0.0511 e. The van der Waals surface area contributed by atoms with Crippen LogP contribution < -0.4 is 10.2 Å². The molecule has 1 aliphatic heterocycles. The lowest BCUT2D eigenvalue weighted by atomic mass is 10.0. The Morgan fingerprint density at radius 1 is 1.43 bits per heavy atom. The Hall–Kier alpha value is -0.580. The average molecular weight is 355 g/mol. The van der Waals surface area contributed by atoms with Crippen LogP contribution in [0.5, 0.6) is 0 Å². The number of hydrogen-bond donors (Lipinski definition) is 1. The van der Waals surface area contributed by atoms with E-state index in [9.17, 15) is 0 Å². The highest BCUT2D eigenvalue weighted by Gasteiger charge is 2.17. The second-order valence-electron chi connectivity index (χ2n) is 5.93. The maximum Gasteiger partial charge on any atom is 0.0511 e. The van der Waals surface area contributed by atoms with Gasteiger partial charge in [-0.2, -0.15) is 0 Å². The van der Waals surface area contributed by atoms with Crippen molar-refractivity contribution in [1.82, 2.24) is 5.32 Å². The highest BCUT2D eigenvalue weighted by molar-refractivity contribution is 9.10. The van der Waals surface area contributed by atoms with E-state index in [1.54, 1.807) is 0 Å². The standard InChI is InChI=1S/C17H27BrN2O/c1-3-8-19-11-14-6-7-17(16(18)10-14)20(2)12-15-5-4-9-21-13-15/h6-7,10,15,19H,3-5,8-9,11-13H2,1-2H3. The van der Waals surface area contributed by atoms with Gasteiger partial charge in [0, 0.05) is 31.2 Å². The van der Waals surface area contributed by atoms with Gasteiger partial charge in [0.05, 0.1) is 12.3 Å². The van der Waals surface area contributed by atoms with Crippen LogP contribution in [0.2, 0.25) is 0 Å². The summed E-state index contributed by atoms with van der Waals surface area (Å²) in [5.41, 5.74) is 2.59. The first-order valence-electron chi connectivity index (χ1n) is 7.98. The normalized spacial score (nSPS) is 18.7. The number of nitrogens with one attached hydrogen (secondary N) is 1. The zero-order valence-corrected chi connectivity index (χ0v) is 14.8. The van der Waals surface area contributed by atoms with Gasteiger partial charge >= 0.3 is 0 Å². The Kier molecular flexibility index (Phi) is 7.00. The van der Waals surface area contributed by atoms with Crippen molar-refractivity contribution < 1.29 is 4.74 Å². The maximum atomic E-state index is 5.58. The molecule has 4 heteroatoms. The van der Waals surface area contributed by atoms with E-state index >= 15 is 0 Å². The second kappa shape index (κ2) is 8.76. The Balaban J connectivity index is 1.92. The zero-order chi connectivity index (χ0) is 15.1. The zero-order valence-electron chi connectivity index (χ0n) is 13.2. The monoisotopic (exact) mass is 354 g/mol. The molecule has 1 aromatic rings. The van der Waals surface area contributed by atoms with E-state index in [0.717, 1.165) is 32.8 Å². The molecule has 1 fully saturated rings. The van der Waals surface area contributed by atoms with Crippen LogP contribution in [0.4, 0.5) is 5.69 Å². The molecule has 0 radical (unpaired) electrons. The molecule has 0 bridgehead atoms. The predicted molar refractivity (Wildman–Crippen MR) is 93.0 cm³/mol. The van der Waals surface area contributed by atoms with Gasteiger partial charge in [0.15, 0.2) is 0 Å². The molecule has 0 spiro atoms. The minimum atomic E-state index is 0.654. The molecule has 1 heterocycles. The van der Waals surface area contributed by atoms with Crippen LogP contribution in [-0.2, 0) is 11.3 Å². The quantitative estimate of drug-likeness (QED) is 0.753. The van der Waals surface area contributed by atoms with Gasteiger partial charge in [-0.15, -0.1) is 0 Å². The van der Waals surface area contributed by atoms with Gasteiger partial charge < -0.3 is 15.0 Å². The van der Waals surface area contributed by atoms with Crippen LogP contribution in [0.3, 0.4) is 0 Å². The predicted octanol–water partition coefficient (Wildman–Crippen LogP) is 3.81. The summed E-state index contributed by atoms with van der Waals surface area (Å²) < 4.78 is 6.75. The molecule has 3 nitrogen and oxygen atoms in total. The van der Waals surface area contributed by atoms with E-state index in [2.05, 4.69) is 58.3 Å². The molecule has 0 aromatic heterocycles. The van der Waals surface area contributed by atoms with Gasteiger partial charge in [-0.1, -0.05) is 13.0 Å². The van der Waals surface area contributed by atoms with E-state index in [1.807, 2.05) is 0 Å². The highest BCUT2D eigenvalue weighted by atomic mass is 79.9. The SMILES string of the molecule is CCCNCc1ccc(N(C)CC2CCCOC2)c(Br)c1. The summed E-state index contributed by atoms with van der Waals surface area (Å²) in [6, 6.07) is 6.67. The van der Waals surface area contributed by atoms with Crippen LogP contribution >= 0.6 is 15.9 Å². The number of hydrogen-bond acceptors (Lipinski definition) is 3. The molecule has 1 N–H and O–H groups in total. The van der Waals surface area contributed by atoms with E-state index in [1.165, 1.54) is 35.0 Å². The summed E-state index contributed by atoms with van der Waals surface area (Å²) in [5, 5.41) is 3.44. The lowest BCUT2D eigenvalue weighted by Gasteiger charge is -2.29. The molecule has 1 unspecified atom stereocenters. The van der Waals surface area contributed by atoms with Gasteiger partial charge in [0.1, 0.15) is 0 Å². The summed E-state index contributed by atoms with van der Waals surface area (Å²) in [5.74, 6) is 0.654. The van der Waals surface area contributed by atoms with Gasteiger partial charge in [0.25, 0.3) is 0 Å². The van der Waals surface area contributed by atoms with Crippen LogP contribution in [0.25, 0.3) is 0 Å².